The molecule has 1 atom stereocenters. The molecule has 1 heterocycles. The number of hydrogen-bond donors (Lipinski definition) is 1. The summed E-state index contributed by atoms with van der Waals surface area (Å²) >= 11 is 0. The molecule has 0 aliphatic heterocycles. The molecular formula is C19H18N4O3. The maximum Gasteiger partial charge on any atom is 0.365 e. The Bertz CT molecular complexity index is 953. The summed E-state index contributed by atoms with van der Waals surface area (Å²) in [6, 6.07) is 15.4. The van der Waals surface area contributed by atoms with Crippen LogP contribution in [0.15, 0.2) is 65.6 Å². The standard InChI is InChI=1S/C19H18N4O3/c1-13(18(24)21-15-8-10-16(26-2)11-9-15)23-19(25)22-17(12-20-23)14-6-4-3-5-7-14/h3-13H,1-2H3,(H,21,24). The van der Waals surface area contributed by atoms with Crippen molar-refractivity contribution in [3.63, 3.8) is 0 Å². The molecule has 0 radical (unpaired) electrons. The lowest BCUT2D eigenvalue weighted by Crippen LogP contribution is -2.34. The quantitative estimate of drug-likeness (QED) is 0.764. The van der Waals surface area contributed by atoms with Gasteiger partial charge >= 0.3 is 5.69 Å². The van der Waals surface area contributed by atoms with Gasteiger partial charge in [0.2, 0.25) is 5.91 Å². The minimum absolute atomic E-state index is 0.362. The van der Waals surface area contributed by atoms with Gasteiger partial charge in [0.15, 0.2) is 0 Å². The van der Waals surface area contributed by atoms with E-state index < -0.39 is 11.7 Å². The molecule has 0 bridgehead atoms. The predicted molar refractivity (Wildman–Crippen MR) is 98.1 cm³/mol. The Morgan fingerprint density at radius 1 is 1.12 bits per heavy atom. The molecule has 0 aliphatic carbocycles. The molecule has 7 heteroatoms. The van der Waals surface area contributed by atoms with Crippen LogP contribution in [0.3, 0.4) is 0 Å². The molecular weight excluding hydrogens is 332 g/mol. The van der Waals surface area contributed by atoms with Crippen LogP contribution in [0.4, 0.5) is 5.69 Å². The number of anilines is 1. The number of aromatic nitrogens is 3. The van der Waals surface area contributed by atoms with E-state index in [1.165, 1.54) is 6.20 Å². The van der Waals surface area contributed by atoms with Gasteiger partial charge < -0.3 is 10.1 Å². The van der Waals surface area contributed by atoms with Crippen LogP contribution in [-0.2, 0) is 4.79 Å². The molecule has 0 spiro atoms. The number of ether oxygens (including phenoxy) is 1. The fourth-order valence-corrected chi connectivity index (χ4v) is 2.40. The lowest BCUT2D eigenvalue weighted by Gasteiger charge is -2.14. The van der Waals surface area contributed by atoms with E-state index in [0.717, 1.165) is 10.2 Å². The van der Waals surface area contributed by atoms with Crippen molar-refractivity contribution in [2.24, 2.45) is 0 Å². The van der Waals surface area contributed by atoms with Gasteiger partial charge in [-0.15, -0.1) is 0 Å². The number of methoxy groups -OCH3 is 1. The van der Waals surface area contributed by atoms with Crippen LogP contribution >= 0.6 is 0 Å². The van der Waals surface area contributed by atoms with E-state index >= 15 is 0 Å². The largest absolute Gasteiger partial charge is 0.497 e. The summed E-state index contributed by atoms with van der Waals surface area (Å²) in [6.45, 7) is 1.59. The Morgan fingerprint density at radius 2 is 1.81 bits per heavy atom. The van der Waals surface area contributed by atoms with Gasteiger partial charge in [-0.05, 0) is 31.2 Å². The normalized spacial score (nSPS) is 11.6. The maximum atomic E-state index is 12.4. The zero-order valence-electron chi connectivity index (χ0n) is 14.4. The fourth-order valence-electron chi connectivity index (χ4n) is 2.40. The Hall–Kier alpha value is -3.48. The molecule has 1 unspecified atom stereocenters. The van der Waals surface area contributed by atoms with Crippen molar-refractivity contribution >= 4 is 11.6 Å². The van der Waals surface area contributed by atoms with Gasteiger partial charge in [-0.2, -0.15) is 10.1 Å². The van der Waals surface area contributed by atoms with E-state index in [0.29, 0.717) is 17.1 Å². The van der Waals surface area contributed by atoms with Crippen molar-refractivity contribution in [3.05, 3.63) is 71.3 Å². The number of benzene rings is 2. The van der Waals surface area contributed by atoms with Crippen molar-refractivity contribution in [2.75, 3.05) is 12.4 Å². The molecule has 0 aliphatic rings. The number of rotatable bonds is 5. The van der Waals surface area contributed by atoms with E-state index in [1.54, 1.807) is 38.3 Å². The highest BCUT2D eigenvalue weighted by Gasteiger charge is 2.18. The number of carbonyl (C=O) groups excluding carboxylic acids is 1. The van der Waals surface area contributed by atoms with Crippen molar-refractivity contribution in [1.29, 1.82) is 0 Å². The van der Waals surface area contributed by atoms with E-state index in [2.05, 4.69) is 15.4 Å². The van der Waals surface area contributed by atoms with Crippen molar-refractivity contribution in [1.82, 2.24) is 14.8 Å². The topological polar surface area (TPSA) is 86.1 Å². The zero-order chi connectivity index (χ0) is 18.5. The van der Waals surface area contributed by atoms with E-state index in [9.17, 15) is 9.59 Å². The third-order valence-corrected chi connectivity index (χ3v) is 3.89. The van der Waals surface area contributed by atoms with Crippen molar-refractivity contribution in [3.8, 4) is 17.0 Å². The van der Waals surface area contributed by atoms with E-state index in [-0.39, 0.29) is 5.91 Å². The van der Waals surface area contributed by atoms with Gasteiger partial charge in [-0.25, -0.2) is 9.48 Å². The average Bonchev–Trinajstić information content (AvgIpc) is 2.68. The first kappa shape index (κ1) is 17.3. The summed E-state index contributed by atoms with van der Waals surface area (Å²) in [7, 11) is 1.57. The van der Waals surface area contributed by atoms with Crippen LogP contribution in [0.25, 0.3) is 11.3 Å². The van der Waals surface area contributed by atoms with E-state index in [1.807, 2.05) is 30.3 Å². The Labute approximate surface area is 150 Å². The molecule has 3 rings (SSSR count). The van der Waals surface area contributed by atoms with Crippen LogP contribution in [0.2, 0.25) is 0 Å². The zero-order valence-corrected chi connectivity index (χ0v) is 14.4. The highest BCUT2D eigenvalue weighted by atomic mass is 16.5. The monoisotopic (exact) mass is 350 g/mol. The first-order valence-corrected chi connectivity index (χ1v) is 8.04. The number of carbonyl (C=O) groups is 1. The van der Waals surface area contributed by atoms with Gasteiger partial charge in [0, 0.05) is 11.3 Å². The Morgan fingerprint density at radius 3 is 2.42 bits per heavy atom. The van der Waals surface area contributed by atoms with Crippen LogP contribution in [-0.4, -0.2) is 27.8 Å². The summed E-state index contributed by atoms with van der Waals surface area (Å²) in [6.07, 6.45) is 1.48. The van der Waals surface area contributed by atoms with Crippen LogP contribution in [0, 0.1) is 0 Å². The third kappa shape index (κ3) is 3.77. The lowest BCUT2D eigenvalue weighted by atomic mass is 10.2. The Kier molecular flexibility index (Phi) is 5.07. The second-order valence-electron chi connectivity index (χ2n) is 5.63. The Balaban J connectivity index is 1.77. The summed E-state index contributed by atoms with van der Waals surface area (Å²) in [5.41, 5.74) is 1.28. The second-order valence-corrected chi connectivity index (χ2v) is 5.63. The molecule has 0 saturated heterocycles. The highest BCUT2D eigenvalue weighted by molar-refractivity contribution is 5.93. The summed E-state index contributed by atoms with van der Waals surface area (Å²) in [5.74, 6) is 0.327. The van der Waals surface area contributed by atoms with Gasteiger partial charge in [0.25, 0.3) is 0 Å². The molecule has 0 fully saturated rings. The molecule has 7 nitrogen and oxygen atoms in total. The van der Waals surface area contributed by atoms with E-state index in [4.69, 9.17) is 4.74 Å². The van der Waals surface area contributed by atoms with Crippen molar-refractivity contribution < 1.29 is 9.53 Å². The van der Waals surface area contributed by atoms with Crippen molar-refractivity contribution in [2.45, 2.75) is 13.0 Å². The number of amides is 1. The minimum atomic E-state index is -0.804. The highest BCUT2D eigenvalue weighted by Crippen LogP contribution is 2.17. The molecule has 0 saturated carbocycles. The SMILES string of the molecule is COc1ccc(NC(=O)C(C)n2ncc(-c3ccccc3)nc2=O)cc1. The predicted octanol–water partition coefficient (Wildman–Crippen LogP) is 2.51. The fraction of sp³-hybridized carbons (Fsp3) is 0.158. The van der Waals surface area contributed by atoms with Crippen LogP contribution in [0.5, 0.6) is 5.75 Å². The molecule has 2 aromatic carbocycles. The molecule has 3 aromatic rings. The molecule has 1 amide bonds. The molecule has 1 N–H and O–H groups in total. The van der Waals surface area contributed by atoms with Gasteiger partial charge in [-0.1, -0.05) is 30.3 Å². The average molecular weight is 350 g/mol. The summed E-state index contributed by atoms with van der Waals surface area (Å²) in [4.78, 5) is 28.7. The van der Waals surface area contributed by atoms with Gasteiger partial charge in [0.1, 0.15) is 11.8 Å². The van der Waals surface area contributed by atoms with Gasteiger partial charge in [0.05, 0.1) is 19.0 Å². The number of hydrogen-bond acceptors (Lipinski definition) is 5. The number of nitrogens with zero attached hydrogens (tertiary/aromatic N) is 3. The van der Waals surface area contributed by atoms with Crippen LogP contribution in [0.1, 0.15) is 13.0 Å². The molecule has 26 heavy (non-hydrogen) atoms. The van der Waals surface area contributed by atoms with Gasteiger partial charge in [-0.3, -0.25) is 4.79 Å². The smallest absolute Gasteiger partial charge is 0.365 e. The molecule has 1 aromatic heterocycles. The number of nitrogens with one attached hydrogen (secondary N) is 1. The van der Waals surface area contributed by atoms with Crippen LogP contribution < -0.4 is 15.7 Å². The molecule has 132 valence electrons. The summed E-state index contributed by atoms with van der Waals surface area (Å²) < 4.78 is 6.14. The lowest BCUT2D eigenvalue weighted by molar-refractivity contribution is -0.119. The summed E-state index contributed by atoms with van der Waals surface area (Å²) in [5, 5.41) is 6.85. The third-order valence-electron chi connectivity index (χ3n) is 3.89. The first-order valence-electron chi connectivity index (χ1n) is 8.04. The second kappa shape index (κ2) is 7.60. The maximum absolute atomic E-state index is 12.4. The minimum Gasteiger partial charge on any atom is -0.497 e. The first-order chi connectivity index (χ1) is 12.6.